The molecule has 1 aliphatic heterocycles. The molecule has 0 radical (unpaired) electrons. The number of rotatable bonds is 11. The van der Waals surface area contributed by atoms with Crippen LogP contribution < -0.4 is 5.19 Å². The lowest BCUT2D eigenvalue weighted by molar-refractivity contribution is 0.116. The standard InChI is InChI=1S/C17H32O4Si3/c1-22(2)20-24(5,17-10-7-6-8-11-17)21-23(3,4)13-9-12-18-14-16-15-19-16/h6-8,10-11,16,22H,9,12-15H2,1-5H3. The minimum absolute atomic E-state index is 0.352. The van der Waals surface area contributed by atoms with Gasteiger partial charge in [-0.3, -0.25) is 0 Å². The largest absolute Gasteiger partial charge is 0.436 e. The van der Waals surface area contributed by atoms with Crippen molar-refractivity contribution in [3.8, 4) is 0 Å². The molecule has 1 saturated heterocycles. The summed E-state index contributed by atoms with van der Waals surface area (Å²) in [5.74, 6) is 0. The average Bonchev–Trinajstić information content (AvgIpc) is 3.30. The van der Waals surface area contributed by atoms with Gasteiger partial charge in [0.15, 0.2) is 17.4 Å². The van der Waals surface area contributed by atoms with Crippen molar-refractivity contribution in [3.63, 3.8) is 0 Å². The molecule has 7 heteroatoms. The maximum absolute atomic E-state index is 6.77. The Morgan fingerprint density at radius 2 is 1.83 bits per heavy atom. The number of ether oxygens (including phenoxy) is 2. The summed E-state index contributed by atoms with van der Waals surface area (Å²) in [6, 6.07) is 11.6. The summed E-state index contributed by atoms with van der Waals surface area (Å²) >= 11 is 0. The Labute approximate surface area is 150 Å². The molecule has 2 atom stereocenters. The Morgan fingerprint density at radius 1 is 1.17 bits per heavy atom. The van der Waals surface area contributed by atoms with Crippen LogP contribution in [0.1, 0.15) is 6.42 Å². The van der Waals surface area contributed by atoms with Gasteiger partial charge in [-0.25, -0.2) is 0 Å². The summed E-state index contributed by atoms with van der Waals surface area (Å²) in [6.45, 7) is 13.7. The lowest BCUT2D eigenvalue weighted by Gasteiger charge is -2.37. The Hall–Kier alpha value is -0.289. The highest BCUT2D eigenvalue weighted by molar-refractivity contribution is 6.92. The van der Waals surface area contributed by atoms with Crippen LogP contribution in [-0.2, 0) is 17.7 Å². The maximum atomic E-state index is 6.77. The molecular formula is C17H32O4Si3. The number of epoxide rings is 1. The molecule has 1 aromatic rings. The molecule has 1 aromatic carbocycles. The predicted molar refractivity (Wildman–Crippen MR) is 106 cm³/mol. The fourth-order valence-corrected chi connectivity index (χ4v) is 14.6. The lowest BCUT2D eigenvalue weighted by Crippen LogP contribution is -2.58. The van der Waals surface area contributed by atoms with Crippen LogP contribution in [0.5, 0.6) is 0 Å². The van der Waals surface area contributed by atoms with Gasteiger partial charge in [0.05, 0.1) is 13.2 Å². The summed E-state index contributed by atoms with van der Waals surface area (Å²) in [4.78, 5) is 0. The third-order valence-electron chi connectivity index (χ3n) is 4.00. The van der Waals surface area contributed by atoms with E-state index in [1.165, 1.54) is 5.19 Å². The Morgan fingerprint density at radius 3 is 2.42 bits per heavy atom. The fourth-order valence-electron chi connectivity index (χ4n) is 2.90. The molecule has 136 valence electrons. The van der Waals surface area contributed by atoms with Crippen LogP contribution in [0.15, 0.2) is 30.3 Å². The Kier molecular flexibility index (Phi) is 7.41. The normalized spacial score (nSPS) is 20.2. The Balaban J connectivity index is 1.90. The van der Waals surface area contributed by atoms with Crippen molar-refractivity contribution < 1.29 is 17.7 Å². The summed E-state index contributed by atoms with van der Waals surface area (Å²) in [7, 11) is -5.32. The molecule has 2 unspecified atom stereocenters. The molecular weight excluding hydrogens is 352 g/mol. The van der Waals surface area contributed by atoms with Gasteiger partial charge in [-0.1, -0.05) is 30.3 Å². The van der Waals surface area contributed by atoms with Crippen molar-refractivity contribution in [3.05, 3.63) is 30.3 Å². The van der Waals surface area contributed by atoms with Gasteiger partial charge in [-0.15, -0.1) is 0 Å². The maximum Gasteiger partial charge on any atom is 0.348 e. The molecule has 0 spiro atoms. The smallest absolute Gasteiger partial charge is 0.348 e. The molecule has 4 nitrogen and oxygen atoms in total. The summed E-state index contributed by atoms with van der Waals surface area (Å²) < 4.78 is 24.1. The highest BCUT2D eigenvalue weighted by Crippen LogP contribution is 2.22. The fraction of sp³-hybridized carbons (Fsp3) is 0.647. The van der Waals surface area contributed by atoms with E-state index in [1.807, 2.05) is 0 Å². The lowest BCUT2D eigenvalue weighted by atomic mass is 10.4. The van der Waals surface area contributed by atoms with E-state index in [-0.39, 0.29) is 0 Å². The van der Waals surface area contributed by atoms with Gasteiger partial charge in [0, 0.05) is 6.61 Å². The van der Waals surface area contributed by atoms with Crippen molar-refractivity contribution >= 4 is 31.1 Å². The van der Waals surface area contributed by atoms with Crippen LogP contribution in [-0.4, -0.2) is 51.8 Å². The van der Waals surface area contributed by atoms with Gasteiger partial charge in [0.1, 0.15) is 6.10 Å². The number of hydrogen-bond donors (Lipinski definition) is 0. The number of hydrogen-bond acceptors (Lipinski definition) is 4. The second-order valence-electron chi connectivity index (χ2n) is 7.47. The molecule has 0 aromatic heterocycles. The first-order valence-corrected chi connectivity index (χ1v) is 17.1. The van der Waals surface area contributed by atoms with Crippen molar-refractivity contribution in [2.45, 2.75) is 51.3 Å². The molecule has 0 amide bonds. The molecule has 1 aliphatic rings. The molecule has 0 bridgehead atoms. The van der Waals surface area contributed by atoms with Crippen molar-refractivity contribution in [1.29, 1.82) is 0 Å². The average molecular weight is 385 g/mol. The first kappa shape index (κ1) is 20.0. The van der Waals surface area contributed by atoms with E-state index < -0.39 is 25.9 Å². The van der Waals surface area contributed by atoms with Crippen LogP contribution in [0.3, 0.4) is 0 Å². The van der Waals surface area contributed by atoms with E-state index in [0.29, 0.717) is 6.10 Å². The number of benzene rings is 1. The van der Waals surface area contributed by atoms with Crippen LogP contribution in [0.2, 0.25) is 38.8 Å². The SMILES string of the molecule is C[SiH](C)O[Si](C)(O[Si](C)(C)CCCOCC1CO1)c1ccccc1. The van der Waals surface area contributed by atoms with E-state index >= 15 is 0 Å². The predicted octanol–water partition coefficient (Wildman–Crippen LogP) is 2.99. The van der Waals surface area contributed by atoms with Crippen molar-refractivity contribution in [2.75, 3.05) is 19.8 Å². The third kappa shape index (κ3) is 6.91. The van der Waals surface area contributed by atoms with Crippen molar-refractivity contribution in [1.82, 2.24) is 0 Å². The molecule has 1 heterocycles. The zero-order valence-electron chi connectivity index (χ0n) is 15.7. The second-order valence-corrected chi connectivity index (χ2v) is 17.8. The minimum Gasteiger partial charge on any atom is -0.436 e. The van der Waals surface area contributed by atoms with Gasteiger partial charge in [0.25, 0.3) is 0 Å². The first-order valence-electron chi connectivity index (χ1n) is 8.94. The van der Waals surface area contributed by atoms with Gasteiger partial charge in [-0.2, -0.15) is 0 Å². The van der Waals surface area contributed by atoms with E-state index in [9.17, 15) is 0 Å². The molecule has 24 heavy (non-hydrogen) atoms. The van der Waals surface area contributed by atoms with Gasteiger partial charge in [-0.05, 0) is 50.4 Å². The van der Waals surface area contributed by atoms with Crippen LogP contribution in [0, 0.1) is 0 Å². The highest BCUT2D eigenvalue weighted by Gasteiger charge is 2.40. The molecule has 1 fully saturated rings. The third-order valence-corrected chi connectivity index (χ3v) is 14.4. The van der Waals surface area contributed by atoms with Crippen molar-refractivity contribution in [2.24, 2.45) is 0 Å². The quantitative estimate of drug-likeness (QED) is 0.334. The zero-order valence-corrected chi connectivity index (χ0v) is 18.9. The van der Waals surface area contributed by atoms with Gasteiger partial charge < -0.3 is 17.7 Å². The highest BCUT2D eigenvalue weighted by atomic mass is 28.5. The van der Waals surface area contributed by atoms with Crippen LogP contribution >= 0.6 is 0 Å². The summed E-state index contributed by atoms with van der Waals surface area (Å²) in [6.07, 6.45) is 1.40. The molecule has 0 N–H and O–H groups in total. The van der Waals surface area contributed by atoms with E-state index in [0.717, 1.165) is 32.3 Å². The van der Waals surface area contributed by atoms with Gasteiger partial charge in [0.2, 0.25) is 0 Å². The van der Waals surface area contributed by atoms with Crippen LogP contribution in [0.25, 0.3) is 0 Å². The first-order chi connectivity index (χ1) is 11.3. The van der Waals surface area contributed by atoms with E-state index in [4.69, 9.17) is 17.7 Å². The van der Waals surface area contributed by atoms with Gasteiger partial charge >= 0.3 is 8.56 Å². The Bertz CT molecular complexity index is 494. The molecule has 0 saturated carbocycles. The summed E-state index contributed by atoms with van der Waals surface area (Å²) in [5, 5.41) is 1.24. The minimum atomic E-state index is -2.34. The summed E-state index contributed by atoms with van der Waals surface area (Å²) in [5.41, 5.74) is 0. The molecule has 2 rings (SSSR count). The second kappa shape index (κ2) is 8.88. The van der Waals surface area contributed by atoms with Crippen LogP contribution in [0.4, 0.5) is 0 Å². The molecule has 0 aliphatic carbocycles. The topological polar surface area (TPSA) is 40.2 Å². The van der Waals surface area contributed by atoms with E-state index in [2.05, 4.69) is 63.1 Å². The zero-order chi connectivity index (χ0) is 17.6. The van der Waals surface area contributed by atoms with E-state index in [1.54, 1.807) is 0 Å². The monoisotopic (exact) mass is 384 g/mol.